The van der Waals surface area contributed by atoms with E-state index >= 15 is 0 Å². The Balaban J connectivity index is 3.20. The maximum atomic E-state index is 10.6. The zero-order valence-corrected chi connectivity index (χ0v) is 8.03. The van der Waals surface area contributed by atoms with Crippen molar-refractivity contribution in [3.8, 4) is 0 Å². The Morgan fingerprint density at radius 2 is 2.43 bits per heavy atom. The number of aromatic carboxylic acids is 1. The second kappa shape index (κ2) is 4.21. The van der Waals surface area contributed by atoms with E-state index in [-0.39, 0.29) is 10.7 Å². The van der Waals surface area contributed by atoms with Crippen molar-refractivity contribution in [3.63, 3.8) is 0 Å². The average molecular weight is 213 g/mol. The van der Waals surface area contributed by atoms with Crippen molar-refractivity contribution in [2.75, 3.05) is 0 Å². The first-order valence-electron chi connectivity index (χ1n) is 3.83. The molecule has 4 nitrogen and oxygen atoms in total. The van der Waals surface area contributed by atoms with Crippen LogP contribution in [0.15, 0.2) is 24.9 Å². The van der Waals surface area contributed by atoms with Crippen LogP contribution in [0.25, 0.3) is 0 Å². The van der Waals surface area contributed by atoms with Gasteiger partial charge in [0.05, 0.1) is 11.6 Å². The van der Waals surface area contributed by atoms with E-state index in [4.69, 9.17) is 22.4 Å². The van der Waals surface area contributed by atoms with Crippen molar-refractivity contribution in [2.24, 2.45) is 5.73 Å². The van der Waals surface area contributed by atoms with Gasteiger partial charge in [0.2, 0.25) is 0 Å². The number of nitrogens with zero attached hydrogens (tertiary/aromatic N) is 1. The average Bonchev–Trinajstić information content (AvgIpc) is 2.17. The van der Waals surface area contributed by atoms with Gasteiger partial charge < -0.3 is 10.8 Å². The van der Waals surface area contributed by atoms with Crippen molar-refractivity contribution in [1.29, 1.82) is 0 Å². The monoisotopic (exact) mass is 212 g/mol. The molecule has 1 aromatic rings. The minimum atomic E-state index is -1.06. The molecule has 0 unspecified atom stereocenters. The fourth-order valence-electron chi connectivity index (χ4n) is 0.943. The second-order valence-electron chi connectivity index (χ2n) is 2.67. The molecular weight excluding hydrogens is 204 g/mol. The van der Waals surface area contributed by atoms with Gasteiger partial charge in [-0.15, -0.1) is 6.58 Å². The Morgan fingerprint density at radius 1 is 1.79 bits per heavy atom. The summed E-state index contributed by atoms with van der Waals surface area (Å²) in [6.07, 6.45) is 2.65. The summed E-state index contributed by atoms with van der Waals surface area (Å²) in [4.78, 5) is 14.4. The van der Waals surface area contributed by atoms with Crippen LogP contribution >= 0.6 is 11.6 Å². The highest BCUT2D eigenvalue weighted by Crippen LogP contribution is 2.20. The zero-order chi connectivity index (χ0) is 10.7. The number of nitrogens with two attached hydrogens (primary N) is 1. The number of carboxylic acids is 1. The van der Waals surface area contributed by atoms with Crippen molar-refractivity contribution in [1.82, 2.24) is 4.98 Å². The lowest BCUT2D eigenvalue weighted by Gasteiger charge is -2.08. The Morgan fingerprint density at radius 3 is 2.93 bits per heavy atom. The summed E-state index contributed by atoms with van der Waals surface area (Å²) in [6, 6.07) is 0.888. The Kier molecular flexibility index (Phi) is 3.22. The van der Waals surface area contributed by atoms with Gasteiger partial charge in [-0.1, -0.05) is 17.7 Å². The van der Waals surface area contributed by atoms with Crippen LogP contribution in [0.1, 0.15) is 22.0 Å². The molecule has 0 spiro atoms. The SMILES string of the molecule is C=C[C@H](N)c1cc(C(=O)O)cnc1Cl. The molecule has 0 saturated carbocycles. The predicted octanol–water partition coefficient (Wildman–Crippen LogP) is 1.62. The van der Waals surface area contributed by atoms with Crippen LogP contribution in [-0.2, 0) is 0 Å². The van der Waals surface area contributed by atoms with Crippen LogP contribution in [0.5, 0.6) is 0 Å². The minimum Gasteiger partial charge on any atom is -0.478 e. The van der Waals surface area contributed by atoms with Gasteiger partial charge >= 0.3 is 5.97 Å². The maximum absolute atomic E-state index is 10.6. The molecule has 0 aliphatic rings. The fourth-order valence-corrected chi connectivity index (χ4v) is 1.17. The predicted molar refractivity (Wildman–Crippen MR) is 53.3 cm³/mol. The molecule has 0 saturated heterocycles. The Hall–Kier alpha value is -1.39. The van der Waals surface area contributed by atoms with Crippen LogP contribution in [0.2, 0.25) is 5.15 Å². The molecule has 0 amide bonds. The normalized spacial score (nSPS) is 12.1. The number of rotatable bonds is 3. The van der Waals surface area contributed by atoms with E-state index in [1.165, 1.54) is 18.3 Å². The molecule has 0 aromatic carbocycles. The highest BCUT2D eigenvalue weighted by molar-refractivity contribution is 6.30. The summed E-state index contributed by atoms with van der Waals surface area (Å²) in [7, 11) is 0. The lowest BCUT2D eigenvalue weighted by atomic mass is 10.1. The minimum absolute atomic E-state index is 0.0571. The van der Waals surface area contributed by atoms with Crippen molar-refractivity contribution in [2.45, 2.75) is 6.04 Å². The van der Waals surface area contributed by atoms with E-state index in [9.17, 15) is 4.79 Å². The van der Waals surface area contributed by atoms with Crippen LogP contribution in [0.3, 0.4) is 0 Å². The summed E-state index contributed by atoms with van der Waals surface area (Å²) >= 11 is 5.74. The Labute approximate surface area is 86.0 Å². The standard InChI is InChI=1S/C9H9ClN2O2/c1-2-7(11)6-3-5(9(13)14)4-12-8(6)10/h2-4,7H,1,11H2,(H,13,14)/t7-/m0/s1. The molecule has 1 rings (SSSR count). The second-order valence-corrected chi connectivity index (χ2v) is 3.03. The molecule has 14 heavy (non-hydrogen) atoms. The molecule has 0 radical (unpaired) electrons. The van der Waals surface area contributed by atoms with Crippen molar-refractivity contribution in [3.05, 3.63) is 41.2 Å². The number of carbonyl (C=O) groups is 1. The van der Waals surface area contributed by atoms with Crippen LogP contribution in [0.4, 0.5) is 0 Å². The zero-order valence-electron chi connectivity index (χ0n) is 7.27. The van der Waals surface area contributed by atoms with E-state index in [1.807, 2.05) is 0 Å². The molecular formula is C9H9ClN2O2. The van der Waals surface area contributed by atoms with E-state index < -0.39 is 12.0 Å². The van der Waals surface area contributed by atoms with Gasteiger partial charge in [0, 0.05) is 11.8 Å². The molecule has 0 bridgehead atoms. The number of aromatic nitrogens is 1. The first-order chi connectivity index (χ1) is 6.56. The van der Waals surface area contributed by atoms with Crippen LogP contribution < -0.4 is 5.73 Å². The molecule has 1 aromatic heterocycles. The summed E-state index contributed by atoms with van der Waals surface area (Å²) in [6.45, 7) is 3.49. The number of pyridine rings is 1. The first kappa shape index (κ1) is 10.7. The number of carboxylic acid groups (broad SMARTS) is 1. The quantitative estimate of drug-likeness (QED) is 0.590. The Bertz CT molecular complexity index is 379. The molecule has 1 heterocycles. The van der Waals surface area contributed by atoms with Crippen molar-refractivity contribution < 1.29 is 9.90 Å². The topological polar surface area (TPSA) is 76.2 Å². The molecule has 1 atom stereocenters. The van der Waals surface area contributed by atoms with E-state index in [1.54, 1.807) is 0 Å². The van der Waals surface area contributed by atoms with E-state index in [0.717, 1.165) is 0 Å². The highest BCUT2D eigenvalue weighted by atomic mass is 35.5. The van der Waals surface area contributed by atoms with Gasteiger partial charge in [-0.2, -0.15) is 0 Å². The first-order valence-corrected chi connectivity index (χ1v) is 4.21. The van der Waals surface area contributed by atoms with Gasteiger partial charge in [0.15, 0.2) is 0 Å². The van der Waals surface area contributed by atoms with E-state index in [2.05, 4.69) is 11.6 Å². The van der Waals surface area contributed by atoms with Crippen LogP contribution in [-0.4, -0.2) is 16.1 Å². The van der Waals surface area contributed by atoms with Gasteiger partial charge in [0.1, 0.15) is 5.15 Å². The molecule has 0 aliphatic carbocycles. The molecule has 5 heteroatoms. The van der Waals surface area contributed by atoms with Gasteiger partial charge in [-0.25, -0.2) is 9.78 Å². The number of halogens is 1. The molecule has 0 fully saturated rings. The largest absolute Gasteiger partial charge is 0.478 e. The van der Waals surface area contributed by atoms with Crippen molar-refractivity contribution >= 4 is 17.6 Å². The molecule has 0 aliphatic heterocycles. The lowest BCUT2D eigenvalue weighted by molar-refractivity contribution is 0.0696. The highest BCUT2D eigenvalue weighted by Gasteiger charge is 2.12. The third kappa shape index (κ3) is 2.10. The summed E-state index contributed by atoms with van der Waals surface area (Å²) < 4.78 is 0. The number of hydrogen-bond acceptors (Lipinski definition) is 3. The smallest absolute Gasteiger partial charge is 0.337 e. The molecule has 3 N–H and O–H groups in total. The van der Waals surface area contributed by atoms with Crippen LogP contribution in [0, 0.1) is 0 Å². The van der Waals surface area contributed by atoms with Gasteiger partial charge in [-0.3, -0.25) is 0 Å². The third-order valence-electron chi connectivity index (χ3n) is 1.73. The van der Waals surface area contributed by atoms with Gasteiger partial charge in [-0.05, 0) is 6.07 Å². The number of hydrogen-bond donors (Lipinski definition) is 2. The summed E-state index contributed by atoms with van der Waals surface area (Å²) in [5.74, 6) is -1.06. The summed E-state index contributed by atoms with van der Waals surface area (Å²) in [5.41, 5.74) is 6.15. The molecule has 74 valence electrons. The lowest BCUT2D eigenvalue weighted by Crippen LogP contribution is -2.10. The third-order valence-corrected chi connectivity index (χ3v) is 2.04. The van der Waals surface area contributed by atoms with Gasteiger partial charge in [0.25, 0.3) is 0 Å². The fraction of sp³-hybridized carbons (Fsp3) is 0.111. The summed E-state index contributed by atoms with van der Waals surface area (Å²) in [5, 5.41) is 8.90. The van der Waals surface area contributed by atoms with E-state index in [0.29, 0.717) is 5.56 Å². The maximum Gasteiger partial charge on any atom is 0.337 e.